The zero-order valence-electron chi connectivity index (χ0n) is 17.0. The van der Waals surface area contributed by atoms with Gasteiger partial charge in [0.1, 0.15) is 12.2 Å². The molecule has 6 nitrogen and oxygen atoms in total. The van der Waals surface area contributed by atoms with Crippen LogP contribution < -0.4 is 0 Å². The first-order valence-corrected chi connectivity index (χ1v) is 9.58. The number of allylic oxidation sites excluding steroid dienone is 2. The number of benzene rings is 1. The lowest BCUT2D eigenvalue weighted by atomic mass is 9.97. The molecule has 0 spiro atoms. The van der Waals surface area contributed by atoms with Gasteiger partial charge in [0.25, 0.3) is 0 Å². The van der Waals surface area contributed by atoms with Crippen LogP contribution in [0.15, 0.2) is 42.5 Å². The van der Waals surface area contributed by atoms with Crippen LogP contribution in [-0.2, 0) is 25.5 Å². The molecule has 0 bridgehead atoms. The summed E-state index contributed by atoms with van der Waals surface area (Å²) in [7, 11) is 0. The summed E-state index contributed by atoms with van der Waals surface area (Å²) in [5, 5.41) is 0. The van der Waals surface area contributed by atoms with Gasteiger partial charge in [0.15, 0.2) is 0 Å². The Labute approximate surface area is 166 Å². The minimum Gasteiger partial charge on any atom is -0.460 e. The van der Waals surface area contributed by atoms with Gasteiger partial charge in [-0.1, -0.05) is 42.5 Å². The third-order valence-corrected chi connectivity index (χ3v) is 4.35. The number of imide groups is 1. The van der Waals surface area contributed by atoms with Crippen molar-refractivity contribution in [2.24, 2.45) is 5.92 Å². The largest absolute Gasteiger partial charge is 0.460 e. The number of carbonyl (C=O) groups excluding carboxylic acids is 3. The van der Waals surface area contributed by atoms with Crippen molar-refractivity contribution in [2.45, 2.75) is 58.6 Å². The standard InChI is InChI=1S/C22H29NO5/c1-5-6-12-17(14-19(24)28-22(2,3)4)20(25)23-18(15-27-21(23)26)13-16-10-8-7-9-11-16/h5-11,17-18H,12-15H2,1-4H3/b6-5+/t17-,18?/m1/s1. The molecule has 6 heteroatoms. The lowest BCUT2D eigenvalue weighted by Crippen LogP contribution is -2.44. The third-order valence-electron chi connectivity index (χ3n) is 4.35. The van der Waals surface area contributed by atoms with Gasteiger partial charge in [0.05, 0.1) is 18.4 Å². The molecule has 1 aliphatic heterocycles. The summed E-state index contributed by atoms with van der Waals surface area (Å²) in [4.78, 5) is 38.8. The molecular weight excluding hydrogens is 358 g/mol. The lowest BCUT2D eigenvalue weighted by Gasteiger charge is -2.25. The monoisotopic (exact) mass is 387 g/mol. The van der Waals surface area contributed by atoms with Gasteiger partial charge in [-0.25, -0.2) is 9.69 Å². The number of cyclic esters (lactones) is 1. The molecule has 0 radical (unpaired) electrons. The average molecular weight is 387 g/mol. The van der Waals surface area contributed by atoms with Gasteiger partial charge in [0.2, 0.25) is 5.91 Å². The molecule has 152 valence electrons. The van der Waals surface area contributed by atoms with E-state index in [1.54, 1.807) is 20.8 Å². The van der Waals surface area contributed by atoms with E-state index in [0.717, 1.165) is 5.56 Å². The first-order valence-electron chi connectivity index (χ1n) is 9.58. The Morgan fingerprint density at radius 2 is 1.96 bits per heavy atom. The van der Waals surface area contributed by atoms with Crippen molar-refractivity contribution < 1.29 is 23.9 Å². The van der Waals surface area contributed by atoms with Gasteiger partial charge in [-0.15, -0.1) is 0 Å². The van der Waals surface area contributed by atoms with E-state index in [-0.39, 0.29) is 19.1 Å². The van der Waals surface area contributed by atoms with E-state index in [1.165, 1.54) is 4.90 Å². The molecule has 2 amide bonds. The second-order valence-electron chi connectivity index (χ2n) is 7.92. The quantitative estimate of drug-likeness (QED) is 0.524. The summed E-state index contributed by atoms with van der Waals surface area (Å²) in [5.41, 5.74) is 0.383. The first kappa shape index (κ1) is 21.7. The van der Waals surface area contributed by atoms with Crippen molar-refractivity contribution >= 4 is 18.0 Å². The number of rotatable bonds is 7. The van der Waals surface area contributed by atoms with Crippen molar-refractivity contribution in [1.82, 2.24) is 4.90 Å². The van der Waals surface area contributed by atoms with Crippen LogP contribution in [0.4, 0.5) is 4.79 Å². The number of hydrogen-bond donors (Lipinski definition) is 0. The SMILES string of the molecule is C/C=C/C[C@H](CC(=O)OC(C)(C)C)C(=O)N1C(=O)OCC1Cc1ccccc1. The van der Waals surface area contributed by atoms with Crippen LogP contribution in [0, 0.1) is 5.92 Å². The second kappa shape index (κ2) is 9.53. The van der Waals surface area contributed by atoms with Crippen LogP contribution in [0.5, 0.6) is 0 Å². The molecule has 1 aliphatic rings. The van der Waals surface area contributed by atoms with Crippen LogP contribution in [-0.4, -0.2) is 41.1 Å². The molecule has 0 aliphatic carbocycles. The Morgan fingerprint density at radius 3 is 2.57 bits per heavy atom. The Morgan fingerprint density at radius 1 is 1.29 bits per heavy atom. The highest BCUT2D eigenvalue weighted by atomic mass is 16.6. The Hall–Kier alpha value is -2.63. The lowest BCUT2D eigenvalue weighted by molar-refractivity contribution is -0.158. The number of hydrogen-bond acceptors (Lipinski definition) is 5. The highest BCUT2D eigenvalue weighted by molar-refractivity contribution is 5.96. The summed E-state index contributed by atoms with van der Waals surface area (Å²) < 4.78 is 10.5. The number of amides is 2. The number of nitrogens with zero attached hydrogens (tertiary/aromatic N) is 1. The summed E-state index contributed by atoms with van der Waals surface area (Å²) in [6, 6.07) is 9.26. The van der Waals surface area contributed by atoms with Gasteiger partial charge in [-0.2, -0.15) is 0 Å². The molecule has 0 aromatic heterocycles. The fourth-order valence-electron chi connectivity index (χ4n) is 3.12. The third kappa shape index (κ3) is 6.22. The molecule has 1 fully saturated rings. The van der Waals surface area contributed by atoms with Crippen molar-refractivity contribution in [3.63, 3.8) is 0 Å². The normalized spacial score (nSPS) is 18.2. The van der Waals surface area contributed by atoms with E-state index in [2.05, 4.69) is 0 Å². The van der Waals surface area contributed by atoms with Crippen LogP contribution in [0.3, 0.4) is 0 Å². The highest BCUT2D eigenvalue weighted by Gasteiger charge is 2.41. The van der Waals surface area contributed by atoms with Crippen molar-refractivity contribution in [3.05, 3.63) is 48.0 Å². The summed E-state index contributed by atoms with van der Waals surface area (Å²) in [6.45, 7) is 7.34. The van der Waals surface area contributed by atoms with Crippen molar-refractivity contribution in [1.29, 1.82) is 0 Å². The van der Waals surface area contributed by atoms with Crippen LogP contribution in [0.25, 0.3) is 0 Å². The van der Waals surface area contributed by atoms with Crippen LogP contribution in [0.2, 0.25) is 0 Å². The van der Waals surface area contributed by atoms with Gasteiger partial charge in [-0.05, 0) is 46.1 Å². The topological polar surface area (TPSA) is 72.9 Å². The minimum absolute atomic E-state index is 0.0811. The van der Waals surface area contributed by atoms with E-state index in [1.807, 2.05) is 49.4 Å². The molecule has 1 heterocycles. The molecular formula is C22H29NO5. The predicted molar refractivity (Wildman–Crippen MR) is 106 cm³/mol. The fourth-order valence-corrected chi connectivity index (χ4v) is 3.12. The minimum atomic E-state index is -0.671. The molecule has 0 saturated carbocycles. The smallest absolute Gasteiger partial charge is 0.416 e. The van der Waals surface area contributed by atoms with E-state index in [9.17, 15) is 14.4 Å². The average Bonchev–Trinajstić information content (AvgIpc) is 2.97. The molecule has 2 atom stereocenters. The second-order valence-corrected chi connectivity index (χ2v) is 7.92. The Bertz CT molecular complexity index is 720. The Balaban J connectivity index is 2.15. The zero-order valence-corrected chi connectivity index (χ0v) is 17.0. The molecule has 0 N–H and O–H groups in total. The van der Waals surface area contributed by atoms with Crippen molar-refractivity contribution in [3.8, 4) is 0 Å². The summed E-state index contributed by atoms with van der Waals surface area (Å²) in [6.07, 6.45) is 3.78. The maximum Gasteiger partial charge on any atom is 0.416 e. The fraction of sp³-hybridized carbons (Fsp3) is 0.500. The van der Waals surface area contributed by atoms with Gasteiger partial charge >= 0.3 is 12.1 Å². The number of carbonyl (C=O) groups is 3. The molecule has 1 aromatic carbocycles. The summed E-state index contributed by atoms with van der Waals surface area (Å²) >= 11 is 0. The van der Waals surface area contributed by atoms with Crippen molar-refractivity contribution in [2.75, 3.05) is 6.61 Å². The molecule has 1 aromatic rings. The molecule has 1 unspecified atom stereocenters. The molecule has 1 saturated heterocycles. The zero-order chi connectivity index (χ0) is 20.7. The molecule has 28 heavy (non-hydrogen) atoms. The maximum absolute atomic E-state index is 13.1. The Kier molecular flexibility index (Phi) is 7.38. The van der Waals surface area contributed by atoms with E-state index < -0.39 is 29.5 Å². The number of ether oxygens (including phenoxy) is 2. The van der Waals surface area contributed by atoms with Gasteiger partial charge < -0.3 is 9.47 Å². The highest BCUT2D eigenvalue weighted by Crippen LogP contribution is 2.24. The first-order chi connectivity index (χ1) is 13.2. The van der Waals surface area contributed by atoms with Gasteiger partial charge in [0, 0.05) is 0 Å². The maximum atomic E-state index is 13.1. The van der Waals surface area contributed by atoms with E-state index >= 15 is 0 Å². The van der Waals surface area contributed by atoms with Crippen LogP contribution >= 0.6 is 0 Å². The predicted octanol–water partition coefficient (Wildman–Crippen LogP) is 3.89. The van der Waals surface area contributed by atoms with Gasteiger partial charge in [-0.3, -0.25) is 9.59 Å². The number of esters is 1. The summed E-state index contributed by atoms with van der Waals surface area (Å²) in [5.74, 6) is -1.52. The van der Waals surface area contributed by atoms with E-state index in [4.69, 9.17) is 9.47 Å². The van der Waals surface area contributed by atoms with Crippen LogP contribution in [0.1, 0.15) is 46.1 Å². The van der Waals surface area contributed by atoms with E-state index in [0.29, 0.717) is 12.8 Å². The molecule has 2 rings (SSSR count).